The summed E-state index contributed by atoms with van der Waals surface area (Å²) in [5.74, 6) is -0.315. The Kier molecular flexibility index (Phi) is 6.48. The first kappa shape index (κ1) is 22.3. The minimum absolute atomic E-state index is 0.0208. The zero-order chi connectivity index (χ0) is 22.7. The third-order valence-corrected chi connectivity index (χ3v) is 7.79. The molecule has 2 aromatic rings. The second-order valence-electron chi connectivity index (χ2n) is 8.01. The van der Waals surface area contributed by atoms with E-state index in [9.17, 15) is 18.0 Å². The Morgan fingerprint density at radius 1 is 0.906 bits per heavy atom. The number of hydrogen-bond donors (Lipinski definition) is 1. The van der Waals surface area contributed by atoms with Crippen LogP contribution < -0.4 is 10.1 Å². The summed E-state index contributed by atoms with van der Waals surface area (Å²) in [6, 6.07) is 11.2. The van der Waals surface area contributed by atoms with E-state index in [1.54, 1.807) is 29.2 Å². The molecule has 0 aliphatic carbocycles. The van der Waals surface area contributed by atoms with Crippen molar-refractivity contribution in [2.45, 2.75) is 30.6 Å². The van der Waals surface area contributed by atoms with Crippen LogP contribution in [0.1, 0.15) is 46.4 Å². The van der Waals surface area contributed by atoms with Gasteiger partial charge < -0.3 is 15.0 Å². The number of likely N-dealkylation sites (tertiary alicyclic amines) is 1. The van der Waals surface area contributed by atoms with Gasteiger partial charge in [-0.1, -0.05) is 6.07 Å². The number of carbonyl (C=O) groups is 2. The number of hydrogen-bond acceptors (Lipinski definition) is 5. The predicted octanol–water partition coefficient (Wildman–Crippen LogP) is 2.97. The molecule has 0 spiro atoms. The van der Waals surface area contributed by atoms with Crippen LogP contribution in [-0.2, 0) is 10.0 Å². The molecular formula is C23H27N3O5S. The van der Waals surface area contributed by atoms with Gasteiger partial charge in [0.2, 0.25) is 10.0 Å². The number of carbonyl (C=O) groups excluding carboxylic acids is 2. The summed E-state index contributed by atoms with van der Waals surface area (Å²) >= 11 is 0. The number of rotatable bonds is 6. The first-order chi connectivity index (χ1) is 15.4. The van der Waals surface area contributed by atoms with Crippen molar-refractivity contribution in [2.75, 3.05) is 38.6 Å². The SMILES string of the molecule is COc1ccc(C(=O)Nc2cccc(C(=O)N3CCCC3)c2)cc1S(=O)(=O)N1CCCC1. The first-order valence-corrected chi connectivity index (χ1v) is 12.2. The molecule has 4 rings (SSSR count). The van der Waals surface area contributed by atoms with Gasteiger partial charge in [0.1, 0.15) is 10.6 Å². The summed E-state index contributed by atoms with van der Waals surface area (Å²) in [6.07, 6.45) is 3.63. The highest BCUT2D eigenvalue weighted by Gasteiger charge is 2.30. The number of methoxy groups -OCH3 is 1. The van der Waals surface area contributed by atoms with Crippen molar-refractivity contribution >= 4 is 27.5 Å². The van der Waals surface area contributed by atoms with Gasteiger partial charge in [-0.15, -0.1) is 0 Å². The molecule has 0 radical (unpaired) electrons. The number of benzene rings is 2. The third-order valence-electron chi connectivity index (χ3n) is 5.87. The van der Waals surface area contributed by atoms with Gasteiger partial charge in [-0.25, -0.2) is 8.42 Å². The molecule has 0 unspecified atom stereocenters. The summed E-state index contributed by atoms with van der Waals surface area (Å²) in [7, 11) is -2.36. The molecule has 1 N–H and O–H groups in total. The molecular weight excluding hydrogens is 430 g/mol. The summed E-state index contributed by atoms with van der Waals surface area (Å²) < 4.78 is 32.8. The van der Waals surface area contributed by atoms with E-state index in [0.717, 1.165) is 38.8 Å². The van der Waals surface area contributed by atoms with Crippen LogP contribution in [0.2, 0.25) is 0 Å². The van der Waals surface area contributed by atoms with E-state index < -0.39 is 15.9 Å². The fraction of sp³-hybridized carbons (Fsp3) is 0.391. The summed E-state index contributed by atoms with van der Waals surface area (Å²) in [5, 5.41) is 2.77. The molecule has 170 valence electrons. The number of nitrogens with one attached hydrogen (secondary N) is 1. The Hall–Kier alpha value is -2.91. The number of nitrogens with zero attached hydrogens (tertiary/aromatic N) is 2. The van der Waals surface area contributed by atoms with Crippen LogP contribution in [0.25, 0.3) is 0 Å². The molecule has 2 aliphatic heterocycles. The topological polar surface area (TPSA) is 96.0 Å². The van der Waals surface area contributed by atoms with Gasteiger partial charge in [-0.2, -0.15) is 4.31 Å². The van der Waals surface area contributed by atoms with Crippen molar-refractivity contribution in [3.8, 4) is 5.75 Å². The van der Waals surface area contributed by atoms with Crippen LogP contribution in [-0.4, -0.2) is 62.7 Å². The zero-order valence-corrected chi connectivity index (χ0v) is 18.9. The smallest absolute Gasteiger partial charge is 0.255 e. The molecule has 2 aliphatic rings. The molecule has 2 fully saturated rings. The highest BCUT2D eigenvalue weighted by molar-refractivity contribution is 7.89. The maximum absolute atomic E-state index is 13.1. The third kappa shape index (κ3) is 4.49. The van der Waals surface area contributed by atoms with Gasteiger partial charge in [0.05, 0.1) is 7.11 Å². The predicted molar refractivity (Wildman–Crippen MR) is 121 cm³/mol. The Morgan fingerprint density at radius 2 is 1.59 bits per heavy atom. The zero-order valence-electron chi connectivity index (χ0n) is 18.0. The normalized spacial score (nSPS) is 16.8. The van der Waals surface area contributed by atoms with Crippen molar-refractivity contribution in [1.29, 1.82) is 0 Å². The van der Waals surface area contributed by atoms with Crippen molar-refractivity contribution in [1.82, 2.24) is 9.21 Å². The van der Waals surface area contributed by atoms with E-state index >= 15 is 0 Å². The number of ether oxygens (including phenoxy) is 1. The van der Waals surface area contributed by atoms with E-state index in [2.05, 4.69) is 5.32 Å². The van der Waals surface area contributed by atoms with Crippen molar-refractivity contribution < 1.29 is 22.7 Å². The molecule has 32 heavy (non-hydrogen) atoms. The van der Waals surface area contributed by atoms with Gasteiger partial charge in [-0.3, -0.25) is 9.59 Å². The fourth-order valence-corrected chi connectivity index (χ4v) is 5.82. The highest BCUT2D eigenvalue weighted by atomic mass is 32.2. The Bertz CT molecular complexity index is 1120. The first-order valence-electron chi connectivity index (χ1n) is 10.8. The second-order valence-corrected chi connectivity index (χ2v) is 9.92. The van der Waals surface area contributed by atoms with Gasteiger partial charge >= 0.3 is 0 Å². The average Bonchev–Trinajstić information content (AvgIpc) is 3.53. The Balaban J connectivity index is 1.56. The molecule has 9 heteroatoms. The maximum Gasteiger partial charge on any atom is 0.255 e. The lowest BCUT2D eigenvalue weighted by Gasteiger charge is -2.18. The quantitative estimate of drug-likeness (QED) is 0.720. The lowest BCUT2D eigenvalue weighted by molar-refractivity contribution is 0.0792. The summed E-state index contributed by atoms with van der Waals surface area (Å²) in [4.78, 5) is 27.3. The van der Waals surface area contributed by atoms with E-state index in [-0.39, 0.29) is 22.1 Å². The summed E-state index contributed by atoms with van der Waals surface area (Å²) in [6.45, 7) is 2.41. The molecule has 2 amide bonds. The molecule has 0 saturated carbocycles. The van der Waals surface area contributed by atoms with Crippen LogP contribution in [0.5, 0.6) is 5.75 Å². The number of sulfonamides is 1. The summed E-state index contributed by atoms with van der Waals surface area (Å²) in [5.41, 5.74) is 1.18. The van der Waals surface area contributed by atoms with Crippen molar-refractivity contribution in [3.05, 3.63) is 53.6 Å². The number of anilines is 1. The Labute approximate surface area is 188 Å². The second kappa shape index (κ2) is 9.30. The Morgan fingerprint density at radius 3 is 2.28 bits per heavy atom. The maximum atomic E-state index is 13.1. The lowest BCUT2D eigenvalue weighted by atomic mass is 10.1. The molecule has 0 bridgehead atoms. The molecule has 0 atom stereocenters. The minimum atomic E-state index is -3.76. The van der Waals surface area contributed by atoms with Crippen LogP contribution >= 0.6 is 0 Å². The van der Waals surface area contributed by atoms with Crippen LogP contribution in [0, 0.1) is 0 Å². The van der Waals surface area contributed by atoms with Crippen molar-refractivity contribution in [3.63, 3.8) is 0 Å². The largest absolute Gasteiger partial charge is 0.495 e. The monoisotopic (exact) mass is 457 g/mol. The molecule has 2 saturated heterocycles. The molecule has 0 aromatic heterocycles. The van der Waals surface area contributed by atoms with E-state index in [1.807, 2.05) is 0 Å². The molecule has 2 heterocycles. The molecule has 2 aromatic carbocycles. The fourth-order valence-electron chi connectivity index (χ4n) is 4.12. The van der Waals surface area contributed by atoms with Gasteiger partial charge in [0, 0.05) is 43.0 Å². The lowest BCUT2D eigenvalue weighted by Crippen LogP contribution is -2.28. The highest BCUT2D eigenvalue weighted by Crippen LogP contribution is 2.30. The minimum Gasteiger partial charge on any atom is -0.495 e. The standard InChI is InChI=1S/C23H27N3O5S/c1-31-20-10-9-17(16-21(20)32(29,30)26-13-4-5-14-26)22(27)24-19-8-6-7-18(15-19)23(28)25-11-2-3-12-25/h6-10,15-16H,2-5,11-14H2,1H3,(H,24,27). The van der Waals surface area contributed by atoms with Gasteiger partial charge in [0.25, 0.3) is 11.8 Å². The van der Waals surface area contributed by atoms with Crippen LogP contribution in [0.3, 0.4) is 0 Å². The molecule has 8 nitrogen and oxygen atoms in total. The van der Waals surface area contributed by atoms with Gasteiger partial charge in [-0.05, 0) is 62.1 Å². The van der Waals surface area contributed by atoms with E-state index in [4.69, 9.17) is 4.74 Å². The van der Waals surface area contributed by atoms with E-state index in [1.165, 1.54) is 29.6 Å². The van der Waals surface area contributed by atoms with Crippen LogP contribution in [0.4, 0.5) is 5.69 Å². The van der Waals surface area contributed by atoms with Gasteiger partial charge in [0.15, 0.2) is 0 Å². The van der Waals surface area contributed by atoms with Crippen molar-refractivity contribution in [2.24, 2.45) is 0 Å². The van der Waals surface area contributed by atoms with E-state index in [0.29, 0.717) is 24.3 Å². The average molecular weight is 458 g/mol. The van der Waals surface area contributed by atoms with Crippen LogP contribution in [0.15, 0.2) is 47.4 Å². The number of amides is 2.